The highest BCUT2D eigenvalue weighted by atomic mass is 19.1. The van der Waals surface area contributed by atoms with Crippen molar-refractivity contribution >= 4 is 16.9 Å². The zero-order valence-electron chi connectivity index (χ0n) is 9.11. The van der Waals surface area contributed by atoms with E-state index in [9.17, 15) is 14.3 Å². The van der Waals surface area contributed by atoms with Crippen molar-refractivity contribution in [2.45, 2.75) is 6.92 Å². The van der Waals surface area contributed by atoms with Crippen LogP contribution in [0.2, 0.25) is 0 Å². The first-order valence-electron chi connectivity index (χ1n) is 5.09. The molecule has 0 aliphatic heterocycles. The smallest absolute Gasteiger partial charge is 0.343 e. The number of ether oxygens (including phenoxy) is 1. The van der Waals surface area contributed by atoms with Gasteiger partial charge in [-0.25, -0.2) is 14.2 Å². The second-order valence-electron chi connectivity index (χ2n) is 3.39. The third kappa shape index (κ3) is 2.04. The Morgan fingerprint density at radius 3 is 3.00 bits per heavy atom. The molecule has 0 saturated heterocycles. The molecule has 1 N–H and O–H groups in total. The summed E-state index contributed by atoms with van der Waals surface area (Å²) >= 11 is 0. The summed E-state index contributed by atoms with van der Waals surface area (Å²) in [5.41, 5.74) is -0.0389. The molecule has 0 spiro atoms. The Hall–Kier alpha value is -2.17. The summed E-state index contributed by atoms with van der Waals surface area (Å²) in [5, 5.41) is 9.99. The fourth-order valence-electron chi connectivity index (χ4n) is 1.51. The van der Waals surface area contributed by atoms with E-state index in [1.807, 2.05) is 0 Å². The lowest BCUT2D eigenvalue weighted by Gasteiger charge is -2.05. The van der Waals surface area contributed by atoms with Gasteiger partial charge in [-0.2, -0.15) is 0 Å². The maximum atomic E-state index is 13.4. The van der Waals surface area contributed by atoms with E-state index in [2.05, 4.69) is 4.98 Å². The van der Waals surface area contributed by atoms with Gasteiger partial charge >= 0.3 is 5.97 Å². The van der Waals surface area contributed by atoms with E-state index in [1.54, 1.807) is 13.0 Å². The van der Waals surface area contributed by atoms with Gasteiger partial charge in [0.1, 0.15) is 16.9 Å². The molecule has 2 rings (SSSR count). The molecule has 0 unspecified atom stereocenters. The fourth-order valence-corrected chi connectivity index (χ4v) is 1.51. The Bertz CT molecular complexity index is 583. The maximum absolute atomic E-state index is 13.4. The first kappa shape index (κ1) is 11.3. The lowest BCUT2D eigenvalue weighted by molar-refractivity contribution is 0.0522. The molecule has 1 heterocycles. The molecular weight excluding hydrogens is 225 g/mol. The minimum Gasteiger partial charge on any atom is -0.493 e. The minimum absolute atomic E-state index is 0.0260. The minimum atomic E-state index is -0.677. The number of aromatic nitrogens is 1. The number of carbonyl (C=O) groups is 1. The topological polar surface area (TPSA) is 59.4 Å². The summed E-state index contributed by atoms with van der Waals surface area (Å²) in [4.78, 5) is 15.1. The number of nitrogens with zero attached hydrogens (tertiary/aromatic N) is 1. The molecule has 0 fully saturated rings. The van der Waals surface area contributed by atoms with Crippen molar-refractivity contribution in [1.29, 1.82) is 0 Å². The van der Waals surface area contributed by atoms with Crippen LogP contribution in [0.15, 0.2) is 24.3 Å². The lowest BCUT2D eigenvalue weighted by Crippen LogP contribution is -2.06. The quantitative estimate of drug-likeness (QED) is 0.811. The van der Waals surface area contributed by atoms with Crippen molar-refractivity contribution in [3.05, 3.63) is 35.6 Å². The van der Waals surface area contributed by atoms with Crippen LogP contribution in [0.3, 0.4) is 0 Å². The Kier molecular flexibility index (Phi) is 2.91. The highest BCUT2D eigenvalue weighted by molar-refractivity contribution is 5.96. The second kappa shape index (κ2) is 4.37. The standard InChI is InChI=1S/C12H10FNO3/c1-2-17-12(16)8-6-7-4-3-5-9(13)10(7)14-11(8)15/h3-6H,2H2,1H3,(H,14,15). The molecule has 88 valence electrons. The number of carbonyl (C=O) groups excluding carboxylic acids is 1. The fraction of sp³-hybridized carbons (Fsp3) is 0.167. The molecule has 0 radical (unpaired) electrons. The third-order valence-electron chi connectivity index (χ3n) is 2.27. The molecular formula is C12H10FNO3. The van der Waals surface area contributed by atoms with Gasteiger partial charge in [0.15, 0.2) is 0 Å². The third-order valence-corrected chi connectivity index (χ3v) is 2.27. The summed E-state index contributed by atoms with van der Waals surface area (Å²) in [6.45, 7) is 1.85. The SMILES string of the molecule is CCOC(=O)c1cc2cccc(F)c2nc1O. The van der Waals surface area contributed by atoms with Gasteiger partial charge in [-0.3, -0.25) is 0 Å². The molecule has 2 aromatic rings. The number of hydrogen-bond donors (Lipinski definition) is 1. The van der Waals surface area contributed by atoms with Gasteiger partial charge in [-0.15, -0.1) is 0 Å². The number of fused-ring (bicyclic) bond motifs is 1. The van der Waals surface area contributed by atoms with Crippen LogP contribution in [-0.2, 0) is 4.74 Å². The van der Waals surface area contributed by atoms with E-state index >= 15 is 0 Å². The van der Waals surface area contributed by atoms with Crippen LogP contribution in [0.1, 0.15) is 17.3 Å². The number of benzene rings is 1. The van der Waals surface area contributed by atoms with Crippen molar-refractivity contribution in [3.8, 4) is 5.88 Å². The van der Waals surface area contributed by atoms with Crippen molar-refractivity contribution in [2.24, 2.45) is 0 Å². The summed E-state index contributed by atoms with van der Waals surface area (Å²) in [5.74, 6) is -1.75. The Morgan fingerprint density at radius 1 is 1.53 bits per heavy atom. The number of hydrogen-bond acceptors (Lipinski definition) is 4. The molecule has 0 atom stereocenters. The molecule has 1 aromatic heterocycles. The average molecular weight is 235 g/mol. The normalized spacial score (nSPS) is 10.5. The number of esters is 1. The number of halogens is 1. The van der Waals surface area contributed by atoms with Gasteiger partial charge in [0, 0.05) is 5.39 Å². The van der Waals surface area contributed by atoms with Crippen LogP contribution in [0.4, 0.5) is 4.39 Å². The number of rotatable bonds is 2. The van der Waals surface area contributed by atoms with Crippen molar-refractivity contribution in [2.75, 3.05) is 6.61 Å². The van der Waals surface area contributed by atoms with Crippen molar-refractivity contribution in [1.82, 2.24) is 4.98 Å². The molecule has 0 aliphatic rings. The molecule has 1 aromatic carbocycles. The Morgan fingerprint density at radius 2 is 2.29 bits per heavy atom. The monoisotopic (exact) mass is 235 g/mol. The van der Waals surface area contributed by atoms with Crippen LogP contribution in [0, 0.1) is 5.82 Å². The van der Waals surface area contributed by atoms with E-state index in [1.165, 1.54) is 18.2 Å². The molecule has 17 heavy (non-hydrogen) atoms. The second-order valence-corrected chi connectivity index (χ2v) is 3.39. The highest BCUT2D eigenvalue weighted by Crippen LogP contribution is 2.23. The lowest BCUT2D eigenvalue weighted by atomic mass is 10.1. The van der Waals surface area contributed by atoms with Crippen molar-refractivity contribution in [3.63, 3.8) is 0 Å². The summed E-state index contributed by atoms with van der Waals surface area (Å²) < 4.78 is 18.1. The van der Waals surface area contributed by atoms with E-state index < -0.39 is 17.7 Å². The molecule has 0 amide bonds. The molecule has 4 nitrogen and oxygen atoms in total. The van der Waals surface area contributed by atoms with Crippen LogP contribution in [-0.4, -0.2) is 22.7 Å². The Balaban J connectivity index is 2.60. The number of para-hydroxylation sites is 1. The van der Waals surface area contributed by atoms with Crippen LogP contribution < -0.4 is 0 Å². The largest absolute Gasteiger partial charge is 0.493 e. The Labute approximate surface area is 96.7 Å². The van der Waals surface area contributed by atoms with Gasteiger partial charge in [0.05, 0.1) is 6.61 Å². The first-order chi connectivity index (χ1) is 8.13. The van der Waals surface area contributed by atoms with Crippen LogP contribution >= 0.6 is 0 Å². The van der Waals surface area contributed by atoms with E-state index in [4.69, 9.17) is 4.74 Å². The van der Waals surface area contributed by atoms with Gasteiger partial charge in [0.25, 0.3) is 0 Å². The first-order valence-corrected chi connectivity index (χ1v) is 5.09. The predicted octanol–water partition coefficient (Wildman–Crippen LogP) is 2.26. The summed E-state index contributed by atoms with van der Waals surface area (Å²) in [7, 11) is 0. The molecule has 0 bridgehead atoms. The maximum Gasteiger partial charge on any atom is 0.343 e. The molecule has 0 aliphatic carbocycles. The molecule has 5 heteroatoms. The van der Waals surface area contributed by atoms with E-state index in [0.717, 1.165) is 0 Å². The number of pyridine rings is 1. The average Bonchev–Trinajstić information content (AvgIpc) is 2.30. The summed E-state index contributed by atoms with van der Waals surface area (Å²) in [6.07, 6.45) is 0. The van der Waals surface area contributed by atoms with Crippen LogP contribution in [0.25, 0.3) is 10.9 Å². The summed E-state index contributed by atoms with van der Waals surface area (Å²) in [6, 6.07) is 5.70. The van der Waals surface area contributed by atoms with Gasteiger partial charge in [0.2, 0.25) is 5.88 Å². The van der Waals surface area contributed by atoms with Crippen molar-refractivity contribution < 1.29 is 19.0 Å². The van der Waals surface area contributed by atoms with E-state index in [-0.39, 0.29) is 17.7 Å². The molecule has 0 saturated carbocycles. The zero-order chi connectivity index (χ0) is 12.4. The van der Waals surface area contributed by atoms with Gasteiger partial charge in [-0.05, 0) is 19.1 Å². The number of aromatic hydroxyl groups is 1. The zero-order valence-corrected chi connectivity index (χ0v) is 9.11. The van der Waals surface area contributed by atoms with Crippen LogP contribution in [0.5, 0.6) is 5.88 Å². The highest BCUT2D eigenvalue weighted by Gasteiger charge is 2.16. The van der Waals surface area contributed by atoms with Gasteiger partial charge < -0.3 is 9.84 Å². The van der Waals surface area contributed by atoms with E-state index in [0.29, 0.717) is 5.39 Å². The van der Waals surface area contributed by atoms with Gasteiger partial charge in [-0.1, -0.05) is 12.1 Å². The predicted molar refractivity (Wildman–Crippen MR) is 59.3 cm³/mol.